The number of aromatic hydroxyl groups is 1. The topological polar surface area (TPSA) is 82.2 Å². The zero-order valence-corrected chi connectivity index (χ0v) is 14.4. The molecule has 3 aromatic rings. The molecule has 128 valence electrons. The number of rotatable bonds is 3. The number of benzene rings is 1. The lowest BCUT2D eigenvalue weighted by atomic mass is 10.1. The van der Waals surface area contributed by atoms with E-state index in [0.29, 0.717) is 11.3 Å². The van der Waals surface area contributed by atoms with Crippen LogP contribution in [-0.4, -0.2) is 20.8 Å². The van der Waals surface area contributed by atoms with Gasteiger partial charge in [0, 0.05) is 23.7 Å². The molecule has 2 heterocycles. The molecule has 0 amide bonds. The molecule has 2 aromatic heterocycles. The molecule has 0 aliphatic carbocycles. The van der Waals surface area contributed by atoms with Crippen LogP contribution >= 0.6 is 11.6 Å². The average molecular weight is 367 g/mol. The fourth-order valence-corrected chi connectivity index (χ4v) is 2.47. The van der Waals surface area contributed by atoms with Crippen LogP contribution in [0.3, 0.4) is 0 Å². The second kappa shape index (κ2) is 7.30. The highest BCUT2D eigenvalue weighted by Crippen LogP contribution is 2.31. The standard InChI is InChI=1S/C19H12ClFN4O/c1-11-2-3-12(10-24-11)18-19(26)14(6-7-23-18)17(9-22)25-13-4-5-16(21)15(20)8-13/h2-8,10,26H,1H3/b25-17+. The van der Waals surface area contributed by atoms with E-state index in [1.165, 1.54) is 24.4 Å². The van der Waals surface area contributed by atoms with Crippen molar-refractivity contribution in [1.82, 2.24) is 9.97 Å². The Morgan fingerprint density at radius 3 is 2.69 bits per heavy atom. The maximum atomic E-state index is 13.3. The van der Waals surface area contributed by atoms with Crippen LogP contribution in [0, 0.1) is 24.1 Å². The molecule has 0 aliphatic rings. The molecule has 0 fully saturated rings. The van der Waals surface area contributed by atoms with Gasteiger partial charge in [-0.25, -0.2) is 9.38 Å². The van der Waals surface area contributed by atoms with Gasteiger partial charge in [-0.3, -0.25) is 9.97 Å². The summed E-state index contributed by atoms with van der Waals surface area (Å²) in [7, 11) is 0. The molecule has 0 saturated carbocycles. The molecule has 0 aliphatic heterocycles. The van der Waals surface area contributed by atoms with Gasteiger partial charge in [0.25, 0.3) is 0 Å². The van der Waals surface area contributed by atoms with Gasteiger partial charge < -0.3 is 5.11 Å². The SMILES string of the molecule is Cc1ccc(-c2nccc(/C(C#N)=N/c3ccc(F)c(Cl)c3)c2O)cn1. The van der Waals surface area contributed by atoms with E-state index in [4.69, 9.17) is 11.6 Å². The van der Waals surface area contributed by atoms with E-state index in [1.54, 1.807) is 18.3 Å². The van der Waals surface area contributed by atoms with E-state index in [1.807, 2.05) is 13.0 Å². The zero-order chi connectivity index (χ0) is 18.7. The van der Waals surface area contributed by atoms with E-state index >= 15 is 0 Å². The second-order valence-electron chi connectivity index (χ2n) is 5.41. The van der Waals surface area contributed by atoms with Crippen LogP contribution in [0.2, 0.25) is 5.02 Å². The molecule has 0 saturated heterocycles. The van der Waals surface area contributed by atoms with Crippen molar-refractivity contribution < 1.29 is 9.50 Å². The van der Waals surface area contributed by atoms with Gasteiger partial charge in [0.2, 0.25) is 0 Å². The second-order valence-corrected chi connectivity index (χ2v) is 5.82. The fraction of sp³-hybridized carbons (Fsp3) is 0.0526. The molecule has 5 nitrogen and oxygen atoms in total. The Morgan fingerprint density at radius 2 is 2.04 bits per heavy atom. The summed E-state index contributed by atoms with van der Waals surface area (Å²) in [5.41, 5.74) is 2.18. The number of aryl methyl sites for hydroxylation is 1. The van der Waals surface area contributed by atoms with Crippen molar-refractivity contribution in [3.8, 4) is 23.1 Å². The molecule has 3 rings (SSSR count). The van der Waals surface area contributed by atoms with E-state index < -0.39 is 5.82 Å². The molecule has 0 unspecified atom stereocenters. The lowest BCUT2D eigenvalue weighted by Gasteiger charge is -2.08. The van der Waals surface area contributed by atoms with Crippen LogP contribution in [0.25, 0.3) is 11.3 Å². The Hall–Kier alpha value is -3.30. The quantitative estimate of drug-likeness (QED) is 0.687. The van der Waals surface area contributed by atoms with Gasteiger partial charge in [-0.1, -0.05) is 11.6 Å². The van der Waals surface area contributed by atoms with Crippen molar-refractivity contribution in [2.75, 3.05) is 0 Å². The van der Waals surface area contributed by atoms with Gasteiger partial charge in [0.1, 0.15) is 17.6 Å². The molecule has 26 heavy (non-hydrogen) atoms. The summed E-state index contributed by atoms with van der Waals surface area (Å²) in [6.07, 6.45) is 3.05. The first-order chi connectivity index (χ1) is 12.5. The van der Waals surface area contributed by atoms with Gasteiger partial charge in [-0.2, -0.15) is 5.26 Å². The third-order valence-electron chi connectivity index (χ3n) is 3.61. The molecule has 7 heteroatoms. The first-order valence-corrected chi connectivity index (χ1v) is 7.92. The summed E-state index contributed by atoms with van der Waals surface area (Å²) in [4.78, 5) is 12.5. The summed E-state index contributed by atoms with van der Waals surface area (Å²) >= 11 is 5.74. The minimum atomic E-state index is -0.579. The van der Waals surface area contributed by atoms with Gasteiger partial charge >= 0.3 is 0 Å². The highest BCUT2D eigenvalue weighted by Gasteiger charge is 2.15. The number of halogens is 2. The Morgan fingerprint density at radius 1 is 1.23 bits per heavy atom. The third-order valence-corrected chi connectivity index (χ3v) is 3.90. The minimum absolute atomic E-state index is 0.0473. The molecule has 1 aromatic carbocycles. The van der Waals surface area contributed by atoms with E-state index in [2.05, 4.69) is 15.0 Å². The molecule has 0 bridgehead atoms. The van der Waals surface area contributed by atoms with Crippen LogP contribution in [0.15, 0.2) is 53.8 Å². The highest BCUT2D eigenvalue weighted by atomic mass is 35.5. The van der Waals surface area contributed by atoms with Crippen LogP contribution in [0.1, 0.15) is 11.3 Å². The summed E-state index contributed by atoms with van der Waals surface area (Å²) in [5, 5.41) is 19.9. The van der Waals surface area contributed by atoms with Crippen LogP contribution in [-0.2, 0) is 0 Å². The molecule has 1 N–H and O–H groups in total. The lowest BCUT2D eigenvalue weighted by Crippen LogP contribution is -2.00. The predicted octanol–water partition coefficient (Wildman–Crippen LogP) is 4.59. The zero-order valence-electron chi connectivity index (χ0n) is 13.6. The summed E-state index contributed by atoms with van der Waals surface area (Å²) in [6, 6.07) is 10.8. The third kappa shape index (κ3) is 3.53. The normalized spacial score (nSPS) is 11.2. The minimum Gasteiger partial charge on any atom is -0.505 e. The number of nitriles is 1. The van der Waals surface area contributed by atoms with Crippen LogP contribution in [0.5, 0.6) is 5.75 Å². The number of pyridine rings is 2. The number of hydrogen-bond acceptors (Lipinski definition) is 5. The maximum Gasteiger partial charge on any atom is 0.152 e. The Kier molecular flexibility index (Phi) is 4.92. The fourth-order valence-electron chi connectivity index (χ4n) is 2.29. The molecular formula is C19H12ClFN4O. The van der Waals surface area contributed by atoms with E-state index in [9.17, 15) is 14.8 Å². The smallest absolute Gasteiger partial charge is 0.152 e. The monoisotopic (exact) mass is 366 g/mol. The van der Waals surface area contributed by atoms with Crippen molar-refractivity contribution in [2.45, 2.75) is 6.92 Å². The molecular weight excluding hydrogens is 355 g/mol. The number of hydrogen-bond donors (Lipinski definition) is 1. The van der Waals surface area contributed by atoms with Crippen molar-refractivity contribution in [3.05, 3.63) is 70.9 Å². The Bertz CT molecular complexity index is 1040. The molecule has 0 radical (unpaired) electrons. The summed E-state index contributed by atoms with van der Waals surface area (Å²) < 4.78 is 13.3. The van der Waals surface area contributed by atoms with Gasteiger partial charge in [-0.15, -0.1) is 0 Å². The average Bonchev–Trinajstić information content (AvgIpc) is 2.64. The number of aromatic nitrogens is 2. The van der Waals surface area contributed by atoms with Gasteiger partial charge in [0.05, 0.1) is 16.3 Å². The van der Waals surface area contributed by atoms with Crippen molar-refractivity contribution in [1.29, 1.82) is 5.26 Å². The maximum absolute atomic E-state index is 13.3. The van der Waals surface area contributed by atoms with Crippen molar-refractivity contribution in [2.24, 2.45) is 4.99 Å². The Labute approximate surface area is 154 Å². The largest absolute Gasteiger partial charge is 0.505 e. The number of aliphatic imine (C=N–C) groups is 1. The lowest BCUT2D eigenvalue weighted by molar-refractivity contribution is 0.474. The van der Waals surface area contributed by atoms with Crippen molar-refractivity contribution >= 4 is 23.0 Å². The van der Waals surface area contributed by atoms with Gasteiger partial charge in [-0.05, 0) is 43.3 Å². The van der Waals surface area contributed by atoms with E-state index in [0.717, 1.165) is 11.8 Å². The summed E-state index contributed by atoms with van der Waals surface area (Å²) in [5.74, 6) is -0.767. The van der Waals surface area contributed by atoms with Crippen LogP contribution < -0.4 is 0 Å². The summed E-state index contributed by atoms with van der Waals surface area (Å²) in [6.45, 7) is 1.85. The Balaban J connectivity index is 2.08. The number of nitrogens with zero attached hydrogens (tertiary/aromatic N) is 4. The van der Waals surface area contributed by atoms with Crippen LogP contribution in [0.4, 0.5) is 10.1 Å². The first kappa shape index (κ1) is 17.5. The highest BCUT2D eigenvalue weighted by molar-refractivity contribution is 6.31. The molecule has 0 spiro atoms. The van der Waals surface area contributed by atoms with E-state index in [-0.39, 0.29) is 27.7 Å². The van der Waals surface area contributed by atoms with Crippen molar-refractivity contribution in [3.63, 3.8) is 0 Å². The van der Waals surface area contributed by atoms with Gasteiger partial charge in [0.15, 0.2) is 11.5 Å². The molecule has 0 atom stereocenters. The predicted molar refractivity (Wildman–Crippen MR) is 97.1 cm³/mol. The first-order valence-electron chi connectivity index (χ1n) is 7.55.